The molecule has 2 aromatic carbocycles. The zero-order valence-corrected chi connectivity index (χ0v) is 27.2. The number of alkyl halides is 3. The highest BCUT2D eigenvalue weighted by Gasteiger charge is 2.70. The fraction of sp³-hybridized carbons (Fsp3) is 0.455. The van der Waals surface area contributed by atoms with Gasteiger partial charge in [-0.1, -0.05) is 29.5 Å². The van der Waals surface area contributed by atoms with Crippen LogP contribution >= 0.6 is 23.1 Å². The van der Waals surface area contributed by atoms with Crippen molar-refractivity contribution in [3.63, 3.8) is 0 Å². The van der Waals surface area contributed by atoms with E-state index in [9.17, 15) is 32.3 Å². The number of thioether (sulfide) groups is 1. The second kappa shape index (κ2) is 11.7. The van der Waals surface area contributed by atoms with Crippen LogP contribution in [-0.2, 0) is 25.3 Å². The number of anilines is 1. The van der Waals surface area contributed by atoms with Crippen LogP contribution < -0.4 is 19.2 Å². The van der Waals surface area contributed by atoms with Crippen LogP contribution in [0, 0.1) is 29.6 Å². The summed E-state index contributed by atoms with van der Waals surface area (Å²) in [6.07, 6.45) is -4.16. The Bertz CT molecular complexity index is 1870. The monoisotopic (exact) mass is 701 g/mol. The van der Waals surface area contributed by atoms with Crippen molar-refractivity contribution in [1.29, 1.82) is 0 Å². The van der Waals surface area contributed by atoms with Crippen LogP contribution in [0.5, 0.6) is 11.5 Å². The van der Waals surface area contributed by atoms with E-state index in [1.165, 1.54) is 37.1 Å². The fourth-order valence-corrected chi connectivity index (χ4v) is 11.5. The Morgan fingerprint density at radius 3 is 2.48 bits per heavy atom. The molecule has 2 saturated heterocycles. The molecule has 3 amide bonds. The van der Waals surface area contributed by atoms with E-state index in [1.807, 2.05) is 12.1 Å². The molecule has 1 aromatic heterocycles. The average Bonchev–Trinajstić information content (AvgIpc) is 3.82. The number of amides is 3. The number of carbonyl (C=O) groups excluding carboxylic acids is 3. The standard InChI is InChI=1S/C33H30F3N3O7S2/c1-44-21-12-15(6-7-20(21)46-14-22(40)38-8-10-45-11-9-38)23-24-16-13-17(27(24)47-29-28(23)48-32(43)37-29)26-25(16)30(41)39(31(26)42)19-5-3-2-4-18(19)33(34,35)36/h2-7,12,16-17,23-27H,8-11,13-14H2,1H3,(H,37,43)/t16-,17-,23-,24?,25?,26?,27?/m1/s1. The number of thiazole rings is 1. The van der Waals surface area contributed by atoms with Crippen LogP contribution in [0.1, 0.15) is 28.3 Å². The summed E-state index contributed by atoms with van der Waals surface area (Å²) in [5.41, 5.74) is -0.646. The maximum Gasteiger partial charge on any atom is 0.418 e. The van der Waals surface area contributed by atoms with Gasteiger partial charge in [0, 0.05) is 29.1 Å². The molecule has 2 aliphatic carbocycles. The molecule has 8 rings (SSSR count). The highest BCUT2D eigenvalue weighted by molar-refractivity contribution is 8.00. The predicted molar refractivity (Wildman–Crippen MR) is 168 cm³/mol. The van der Waals surface area contributed by atoms with Gasteiger partial charge in [0.2, 0.25) is 11.8 Å². The first kappa shape index (κ1) is 31.4. The van der Waals surface area contributed by atoms with E-state index in [2.05, 4.69) is 4.98 Å². The number of methoxy groups -OCH3 is 1. The van der Waals surface area contributed by atoms with Crippen molar-refractivity contribution in [3.05, 3.63) is 68.1 Å². The Morgan fingerprint density at radius 1 is 1.02 bits per heavy atom. The normalized spacial score (nSPS) is 29.1. The summed E-state index contributed by atoms with van der Waals surface area (Å²) in [4.78, 5) is 59.2. The van der Waals surface area contributed by atoms with Crippen LogP contribution in [0.2, 0.25) is 0 Å². The molecule has 4 unspecified atom stereocenters. The van der Waals surface area contributed by atoms with Gasteiger partial charge in [0.25, 0.3) is 5.91 Å². The van der Waals surface area contributed by atoms with Gasteiger partial charge in [0.1, 0.15) is 0 Å². The number of carbonyl (C=O) groups is 3. The lowest BCUT2D eigenvalue weighted by molar-refractivity contribution is -0.138. The molecule has 252 valence electrons. The topological polar surface area (TPSA) is 118 Å². The van der Waals surface area contributed by atoms with Crippen molar-refractivity contribution in [2.24, 2.45) is 29.6 Å². The number of nitrogens with one attached hydrogen (secondary N) is 1. The number of aromatic amines is 1. The Kier molecular flexibility index (Phi) is 7.64. The largest absolute Gasteiger partial charge is 0.493 e. The number of nitrogens with zero attached hydrogens (tertiary/aromatic N) is 2. The van der Waals surface area contributed by atoms with Crippen molar-refractivity contribution in [2.45, 2.75) is 28.8 Å². The molecule has 7 atom stereocenters. The number of para-hydroxylation sites is 1. The minimum atomic E-state index is -4.74. The van der Waals surface area contributed by atoms with Crippen LogP contribution in [0.4, 0.5) is 18.9 Å². The number of aromatic nitrogens is 1. The van der Waals surface area contributed by atoms with Gasteiger partial charge in [-0.05, 0) is 54.0 Å². The zero-order chi connectivity index (χ0) is 33.5. The number of benzene rings is 2. The second-order valence-electron chi connectivity index (χ2n) is 12.7. The van der Waals surface area contributed by atoms with E-state index in [4.69, 9.17) is 14.2 Å². The third-order valence-corrected chi connectivity index (χ3v) is 13.0. The minimum Gasteiger partial charge on any atom is -0.493 e. The summed E-state index contributed by atoms with van der Waals surface area (Å²) in [7, 11) is 1.49. The number of hydrogen-bond acceptors (Lipinski definition) is 9. The van der Waals surface area contributed by atoms with E-state index in [0.717, 1.165) is 32.7 Å². The van der Waals surface area contributed by atoms with Gasteiger partial charge >= 0.3 is 11.0 Å². The molecular formula is C33H30F3N3O7S2. The molecule has 3 aromatic rings. The first-order valence-electron chi connectivity index (χ1n) is 15.7. The number of ether oxygens (including phenoxy) is 3. The number of halogens is 3. The summed E-state index contributed by atoms with van der Waals surface area (Å²) in [5.74, 6) is -3.17. The van der Waals surface area contributed by atoms with E-state index < -0.39 is 41.1 Å². The van der Waals surface area contributed by atoms with Gasteiger partial charge in [0.15, 0.2) is 18.1 Å². The van der Waals surface area contributed by atoms with Gasteiger partial charge in [-0.15, -0.1) is 11.8 Å². The molecule has 2 bridgehead atoms. The molecule has 4 fully saturated rings. The van der Waals surface area contributed by atoms with Gasteiger partial charge in [-0.3, -0.25) is 19.2 Å². The SMILES string of the molecule is COc1cc([C@H]2c3sc(=O)[nH]c3SC3C2[C@H]2C[C@@H]3C3C(=O)N(c4ccccc4C(F)(F)F)C(=O)C32)ccc1OCC(=O)N1CCOCC1. The summed E-state index contributed by atoms with van der Waals surface area (Å²) >= 11 is 2.58. The van der Waals surface area contributed by atoms with Gasteiger partial charge in [0.05, 0.1) is 48.4 Å². The first-order chi connectivity index (χ1) is 23.1. The summed E-state index contributed by atoms with van der Waals surface area (Å²) in [6.45, 7) is 1.75. The van der Waals surface area contributed by atoms with Gasteiger partial charge in [-0.2, -0.15) is 13.2 Å². The molecule has 3 aliphatic heterocycles. The summed E-state index contributed by atoms with van der Waals surface area (Å²) in [5, 5.41) is 0.549. The molecule has 4 heterocycles. The lowest BCUT2D eigenvalue weighted by atomic mass is 9.68. The lowest BCUT2D eigenvalue weighted by Crippen LogP contribution is -2.43. The smallest absolute Gasteiger partial charge is 0.418 e. The Morgan fingerprint density at radius 2 is 1.75 bits per heavy atom. The molecule has 2 saturated carbocycles. The number of morpholine rings is 1. The summed E-state index contributed by atoms with van der Waals surface area (Å²) < 4.78 is 58.8. The number of fused-ring (bicyclic) bond motifs is 9. The number of hydrogen-bond donors (Lipinski definition) is 1. The van der Waals surface area contributed by atoms with Gasteiger partial charge in [-0.25, -0.2) is 4.90 Å². The molecule has 1 N–H and O–H groups in total. The van der Waals surface area contributed by atoms with Crippen molar-refractivity contribution in [3.8, 4) is 11.5 Å². The average molecular weight is 702 g/mol. The van der Waals surface area contributed by atoms with Crippen molar-refractivity contribution < 1.29 is 41.8 Å². The zero-order valence-electron chi connectivity index (χ0n) is 25.5. The molecular weight excluding hydrogens is 672 g/mol. The predicted octanol–water partition coefficient (Wildman–Crippen LogP) is 4.38. The maximum absolute atomic E-state index is 14.0. The summed E-state index contributed by atoms with van der Waals surface area (Å²) in [6, 6.07) is 10.1. The highest BCUT2D eigenvalue weighted by atomic mass is 32.2. The van der Waals surface area contributed by atoms with Crippen LogP contribution in [-0.4, -0.2) is 72.9 Å². The van der Waals surface area contributed by atoms with E-state index >= 15 is 0 Å². The molecule has 10 nitrogen and oxygen atoms in total. The third kappa shape index (κ3) is 4.87. The molecule has 48 heavy (non-hydrogen) atoms. The van der Waals surface area contributed by atoms with Crippen molar-refractivity contribution in [2.75, 3.05) is 44.9 Å². The van der Waals surface area contributed by atoms with Crippen molar-refractivity contribution in [1.82, 2.24) is 9.88 Å². The van der Waals surface area contributed by atoms with E-state index in [1.54, 1.807) is 11.0 Å². The second-order valence-corrected chi connectivity index (χ2v) is 14.9. The van der Waals surface area contributed by atoms with E-state index in [-0.39, 0.29) is 46.3 Å². The quantitative estimate of drug-likeness (QED) is 0.377. The number of H-pyrrole nitrogens is 1. The van der Waals surface area contributed by atoms with Crippen LogP contribution in [0.3, 0.4) is 0 Å². The number of imide groups is 1. The highest BCUT2D eigenvalue weighted by Crippen LogP contribution is 2.69. The van der Waals surface area contributed by atoms with Crippen LogP contribution in [0.25, 0.3) is 0 Å². The molecule has 5 aliphatic rings. The fourth-order valence-electron chi connectivity index (χ4n) is 8.58. The Labute approximate surface area is 280 Å². The molecule has 15 heteroatoms. The van der Waals surface area contributed by atoms with Crippen molar-refractivity contribution >= 4 is 46.5 Å². The van der Waals surface area contributed by atoms with E-state index in [0.29, 0.717) is 49.2 Å². The van der Waals surface area contributed by atoms with Gasteiger partial charge < -0.3 is 24.1 Å². The maximum atomic E-state index is 14.0. The Hall–Kier alpha value is -3.82. The van der Waals surface area contributed by atoms with Crippen LogP contribution in [0.15, 0.2) is 52.3 Å². The molecule has 0 radical (unpaired) electrons. The number of rotatable bonds is 6. The third-order valence-electron chi connectivity index (χ3n) is 10.4. The molecule has 0 spiro atoms. The minimum absolute atomic E-state index is 0.151. The Balaban J connectivity index is 1.12. The lowest BCUT2D eigenvalue weighted by Gasteiger charge is -2.43. The first-order valence-corrected chi connectivity index (χ1v) is 17.4.